The molecule has 2 rings (SSSR count). The first-order valence-corrected chi connectivity index (χ1v) is 5.30. The summed E-state index contributed by atoms with van der Waals surface area (Å²) >= 11 is 5.66. The van der Waals surface area contributed by atoms with Crippen LogP contribution in [0.4, 0.5) is 4.39 Å². The Kier molecular flexibility index (Phi) is 3.59. The molecule has 0 unspecified atom stereocenters. The molecule has 0 aliphatic heterocycles. The maximum atomic E-state index is 13.4. The Balaban J connectivity index is 1.90. The van der Waals surface area contributed by atoms with Crippen molar-refractivity contribution in [3.05, 3.63) is 58.8 Å². The van der Waals surface area contributed by atoms with Crippen molar-refractivity contribution in [1.82, 2.24) is 5.32 Å². The molecule has 16 heavy (non-hydrogen) atoms. The summed E-state index contributed by atoms with van der Waals surface area (Å²) in [5, 5.41) is 3.50. The van der Waals surface area contributed by atoms with Gasteiger partial charge in [-0.05, 0) is 24.3 Å². The van der Waals surface area contributed by atoms with E-state index in [1.54, 1.807) is 18.4 Å². The summed E-state index contributed by atoms with van der Waals surface area (Å²) in [6.45, 7) is 1.03. The van der Waals surface area contributed by atoms with Gasteiger partial charge in [0.2, 0.25) is 0 Å². The Morgan fingerprint density at radius 2 is 2.12 bits per heavy atom. The highest BCUT2D eigenvalue weighted by Crippen LogP contribution is 2.14. The quantitative estimate of drug-likeness (QED) is 0.885. The Morgan fingerprint density at radius 1 is 1.25 bits per heavy atom. The zero-order chi connectivity index (χ0) is 11.4. The fraction of sp³-hybridized carbons (Fsp3) is 0.167. The van der Waals surface area contributed by atoms with E-state index in [0.717, 1.165) is 5.76 Å². The summed E-state index contributed by atoms with van der Waals surface area (Å²) in [5.41, 5.74) is 0.593. The molecule has 0 radical (unpaired) electrons. The number of hydrogen-bond donors (Lipinski definition) is 1. The van der Waals surface area contributed by atoms with Crippen molar-refractivity contribution in [2.45, 2.75) is 13.1 Å². The SMILES string of the molecule is Fc1cc(Cl)ccc1CNCc1ccco1. The van der Waals surface area contributed by atoms with Gasteiger partial charge in [0.1, 0.15) is 11.6 Å². The first kappa shape index (κ1) is 11.2. The molecule has 0 saturated heterocycles. The molecule has 1 aromatic carbocycles. The Hall–Kier alpha value is -1.32. The van der Waals surface area contributed by atoms with Gasteiger partial charge in [0.25, 0.3) is 0 Å². The number of hydrogen-bond acceptors (Lipinski definition) is 2. The zero-order valence-corrected chi connectivity index (χ0v) is 9.30. The fourth-order valence-electron chi connectivity index (χ4n) is 1.40. The third kappa shape index (κ3) is 2.84. The van der Waals surface area contributed by atoms with Crippen LogP contribution in [-0.4, -0.2) is 0 Å². The maximum absolute atomic E-state index is 13.4. The maximum Gasteiger partial charge on any atom is 0.129 e. The van der Waals surface area contributed by atoms with E-state index in [1.807, 2.05) is 12.1 Å². The number of furan rings is 1. The van der Waals surface area contributed by atoms with Crippen molar-refractivity contribution in [1.29, 1.82) is 0 Å². The molecule has 0 aliphatic rings. The van der Waals surface area contributed by atoms with Gasteiger partial charge < -0.3 is 9.73 Å². The highest BCUT2D eigenvalue weighted by molar-refractivity contribution is 6.30. The molecular formula is C12H11ClFNO. The van der Waals surface area contributed by atoms with Crippen molar-refractivity contribution < 1.29 is 8.81 Å². The van der Waals surface area contributed by atoms with Crippen LogP contribution in [-0.2, 0) is 13.1 Å². The van der Waals surface area contributed by atoms with E-state index in [9.17, 15) is 4.39 Å². The van der Waals surface area contributed by atoms with E-state index in [-0.39, 0.29) is 5.82 Å². The molecule has 1 heterocycles. The second-order valence-corrected chi connectivity index (χ2v) is 3.86. The van der Waals surface area contributed by atoms with Crippen LogP contribution in [0.5, 0.6) is 0 Å². The monoisotopic (exact) mass is 239 g/mol. The van der Waals surface area contributed by atoms with E-state index < -0.39 is 0 Å². The van der Waals surface area contributed by atoms with Gasteiger partial charge in [0.15, 0.2) is 0 Å². The summed E-state index contributed by atoms with van der Waals surface area (Å²) in [6, 6.07) is 8.35. The largest absolute Gasteiger partial charge is 0.468 e. The summed E-state index contributed by atoms with van der Waals surface area (Å²) in [6.07, 6.45) is 1.61. The normalized spacial score (nSPS) is 10.6. The summed E-state index contributed by atoms with van der Waals surface area (Å²) in [4.78, 5) is 0. The molecule has 0 amide bonds. The van der Waals surface area contributed by atoms with Gasteiger partial charge in [0, 0.05) is 17.1 Å². The molecule has 0 spiro atoms. The van der Waals surface area contributed by atoms with Gasteiger partial charge in [0.05, 0.1) is 12.8 Å². The van der Waals surface area contributed by atoms with Crippen LogP contribution in [0.1, 0.15) is 11.3 Å². The summed E-state index contributed by atoms with van der Waals surface area (Å²) in [5.74, 6) is 0.536. The fourth-order valence-corrected chi connectivity index (χ4v) is 1.56. The molecule has 1 aromatic heterocycles. The predicted molar refractivity (Wildman–Crippen MR) is 60.7 cm³/mol. The Labute approximate surface area is 98.0 Å². The van der Waals surface area contributed by atoms with Crippen LogP contribution < -0.4 is 5.32 Å². The smallest absolute Gasteiger partial charge is 0.129 e. The molecule has 0 fully saturated rings. The molecule has 1 N–H and O–H groups in total. The molecule has 0 aliphatic carbocycles. The van der Waals surface area contributed by atoms with Crippen molar-refractivity contribution in [3.63, 3.8) is 0 Å². The Bertz CT molecular complexity index is 456. The second kappa shape index (κ2) is 5.14. The van der Waals surface area contributed by atoms with Crippen LogP contribution in [0.2, 0.25) is 5.02 Å². The topological polar surface area (TPSA) is 25.2 Å². The molecule has 0 saturated carbocycles. The summed E-state index contributed by atoms with van der Waals surface area (Å²) in [7, 11) is 0. The van der Waals surface area contributed by atoms with E-state index >= 15 is 0 Å². The second-order valence-electron chi connectivity index (χ2n) is 3.42. The minimum absolute atomic E-state index is 0.292. The first-order valence-electron chi connectivity index (χ1n) is 4.93. The molecule has 4 heteroatoms. The van der Waals surface area contributed by atoms with E-state index in [0.29, 0.717) is 23.7 Å². The lowest BCUT2D eigenvalue weighted by Crippen LogP contribution is -2.13. The Morgan fingerprint density at radius 3 is 2.81 bits per heavy atom. The van der Waals surface area contributed by atoms with E-state index in [1.165, 1.54) is 6.07 Å². The number of nitrogens with one attached hydrogen (secondary N) is 1. The molecule has 84 valence electrons. The third-order valence-corrected chi connectivity index (χ3v) is 2.44. The van der Waals surface area contributed by atoms with E-state index in [2.05, 4.69) is 5.32 Å². The lowest BCUT2D eigenvalue weighted by Gasteiger charge is -2.04. The van der Waals surface area contributed by atoms with Gasteiger partial charge in [-0.15, -0.1) is 0 Å². The number of benzene rings is 1. The third-order valence-electron chi connectivity index (χ3n) is 2.21. The average Bonchev–Trinajstić information content (AvgIpc) is 2.74. The van der Waals surface area contributed by atoms with Gasteiger partial charge in [-0.1, -0.05) is 17.7 Å². The van der Waals surface area contributed by atoms with Crippen molar-refractivity contribution in [2.75, 3.05) is 0 Å². The van der Waals surface area contributed by atoms with Gasteiger partial charge in [-0.25, -0.2) is 4.39 Å². The molecule has 0 bridgehead atoms. The molecule has 2 nitrogen and oxygen atoms in total. The lowest BCUT2D eigenvalue weighted by atomic mass is 10.2. The molecular weight excluding hydrogens is 229 g/mol. The van der Waals surface area contributed by atoms with Crippen LogP contribution in [0.3, 0.4) is 0 Å². The lowest BCUT2D eigenvalue weighted by molar-refractivity contribution is 0.479. The number of halogens is 2. The predicted octanol–water partition coefficient (Wildman–Crippen LogP) is 3.36. The summed E-state index contributed by atoms with van der Waals surface area (Å²) < 4.78 is 18.5. The van der Waals surface area contributed by atoms with Gasteiger partial charge in [-0.2, -0.15) is 0 Å². The standard InChI is InChI=1S/C12H11ClFNO/c13-10-4-3-9(12(14)6-10)7-15-8-11-2-1-5-16-11/h1-6,15H,7-8H2. The van der Waals surface area contributed by atoms with Crippen LogP contribution >= 0.6 is 11.6 Å². The van der Waals surface area contributed by atoms with Crippen LogP contribution in [0.25, 0.3) is 0 Å². The first-order chi connectivity index (χ1) is 7.75. The minimum Gasteiger partial charge on any atom is -0.468 e. The van der Waals surface area contributed by atoms with Crippen molar-refractivity contribution in [3.8, 4) is 0 Å². The molecule has 0 atom stereocenters. The van der Waals surface area contributed by atoms with Crippen LogP contribution in [0.15, 0.2) is 41.0 Å². The van der Waals surface area contributed by atoms with Crippen LogP contribution in [0, 0.1) is 5.82 Å². The molecule has 2 aromatic rings. The average molecular weight is 240 g/mol. The highest BCUT2D eigenvalue weighted by Gasteiger charge is 2.02. The van der Waals surface area contributed by atoms with Gasteiger partial charge >= 0.3 is 0 Å². The zero-order valence-electron chi connectivity index (χ0n) is 8.54. The van der Waals surface area contributed by atoms with Crippen molar-refractivity contribution >= 4 is 11.6 Å². The van der Waals surface area contributed by atoms with Crippen molar-refractivity contribution in [2.24, 2.45) is 0 Å². The number of rotatable bonds is 4. The minimum atomic E-state index is -0.292. The van der Waals surface area contributed by atoms with E-state index in [4.69, 9.17) is 16.0 Å². The van der Waals surface area contributed by atoms with Gasteiger partial charge in [-0.3, -0.25) is 0 Å². The highest BCUT2D eigenvalue weighted by atomic mass is 35.5.